The van der Waals surface area contributed by atoms with Crippen molar-refractivity contribution in [3.05, 3.63) is 27.7 Å². The summed E-state index contributed by atoms with van der Waals surface area (Å²) in [6, 6.07) is 4.14. The third kappa shape index (κ3) is 1.23. The molecule has 0 radical (unpaired) electrons. The van der Waals surface area contributed by atoms with Gasteiger partial charge in [0.2, 0.25) is 0 Å². The quantitative estimate of drug-likeness (QED) is 0.795. The van der Waals surface area contributed by atoms with Crippen LogP contribution in [0.2, 0.25) is 0 Å². The Balaban J connectivity index is 2.51. The van der Waals surface area contributed by atoms with Crippen LogP contribution in [0.25, 0.3) is 0 Å². The van der Waals surface area contributed by atoms with E-state index in [0.717, 1.165) is 28.8 Å². The number of hydrogen-bond donors (Lipinski definition) is 1. The van der Waals surface area contributed by atoms with Crippen molar-refractivity contribution in [3.63, 3.8) is 0 Å². The lowest BCUT2D eigenvalue weighted by molar-refractivity contribution is 0.355. The summed E-state index contributed by atoms with van der Waals surface area (Å²) in [5, 5.41) is 0. The molecule has 2 rings (SSSR count). The van der Waals surface area contributed by atoms with Crippen molar-refractivity contribution >= 4 is 15.9 Å². The Labute approximate surface area is 79.8 Å². The molecule has 0 aliphatic carbocycles. The average molecular weight is 228 g/mol. The Morgan fingerprint density at radius 1 is 1.50 bits per heavy atom. The van der Waals surface area contributed by atoms with Crippen LogP contribution in [-0.4, -0.2) is 6.61 Å². The molecule has 0 atom stereocenters. The van der Waals surface area contributed by atoms with Gasteiger partial charge in [-0.05, 0) is 33.1 Å². The molecule has 0 spiro atoms. The maximum atomic E-state index is 5.55. The van der Waals surface area contributed by atoms with E-state index in [4.69, 9.17) is 10.5 Å². The zero-order valence-electron chi connectivity index (χ0n) is 6.64. The number of nitrogens with two attached hydrogens (primary N) is 1. The molecule has 0 aromatic heterocycles. The van der Waals surface area contributed by atoms with Gasteiger partial charge in [-0.3, -0.25) is 0 Å². The molecule has 0 fully saturated rings. The molecular formula is C9H10BrNO. The lowest BCUT2D eigenvalue weighted by Crippen LogP contribution is -1.96. The van der Waals surface area contributed by atoms with Gasteiger partial charge >= 0.3 is 0 Å². The van der Waals surface area contributed by atoms with Gasteiger partial charge in [0, 0.05) is 13.0 Å². The van der Waals surface area contributed by atoms with Crippen LogP contribution in [-0.2, 0) is 13.0 Å². The standard InChI is InChI=1S/C9H10BrNO/c10-8-4-6(5-11)3-7-1-2-12-9(7)8/h3-4H,1-2,5,11H2. The van der Waals surface area contributed by atoms with Gasteiger partial charge in [0.25, 0.3) is 0 Å². The largest absolute Gasteiger partial charge is 0.492 e. The summed E-state index contributed by atoms with van der Waals surface area (Å²) in [5.41, 5.74) is 7.98. The average Bonchev–Trinajstić information content (AvgIpc) is 2.52. The van der Waals surface area contributed by atoms with E-state index >= 15 is 0 Å². The molecule has 1 aromatic carbocycles. The van der Waals surface area contributed by atoms with E-state index < -0.39 is 0 Å². The van der Waals surface area contributed by atoms with Crippen LogP contribution in [0.3, 0.4) is 0 Å². The first-order chi connectivity index (χ1) is 5.81. The fourth-order valence-corrected chi connectivity index (χ4v) is 2.10. The van der Waals surface area contributed by atoms with Crippen molar-refractivity contribution in [2.24, 2.45) is 5.73 Å². The zero-order chi connectivity index (χ0) is 8.55. The number of halogens is 1. The van der Waals surface area contributed by atoms with E-state index in [-0.39, 0.29) is 0 Å². The summed E-state index contributed by atoms with van der Waals surface area (Å²) in [6.45, 7) is 1.38. The first-order valence-electron chi connectivity index (χ1n) is 3.95. The molecule has 2 nitrogen and oxygen atoms in total. The van der Waals surface area contributed by atoms with Crippen LogP contribution in [0, 0.1) is 0 Å². The van der Waals surface area contributed by atoms with Crippen LogP contribution < -0.4 is 10.5 Å². The SMILES string of the molecule is NCc1cc(Br)c2c(c1)CCO2. The van der Waals surface area contributed by atoms with Gasteiger partial charge in [-0.1, -0.05) is 6.07 Å². The lowest BCUT2D eigenvalue weighted by atomic mass is 10.1. The van der Waals surface area contributed by atoms with E-state index in [9.17, 15) is 0 Å². The molecule has 0 saturated heterocycles. The second-order valence-electron chi connectivity index (χ2n) is 2.87. The molecule has 3 heteroatoms. The van der Waals surface area contributed by atoms with Gasteiger partial charge in [-0.2, -0.15) is 0 Å². The van der Waals surface area contributed by atoms with Gasteiger partial charge in [0.1, 0.15) is 5.75 Å². The Morgan fingerprint density at radius 2 is 2.33 bits per heavy atom. The zero-order valence-corrected chi connectivity index (χ0v) is 8.23. The molecule has 12 heavy (non-hydrogen) atoms. The predicted octanol–water partition coefficient (Wildman–Crippen LogP) is 1.84. The molecule has 0 amide bonds. The summed E-state index contributed by atoms with van der Waals surface area (Å²) in [4.78, 5) is 0. The molecule has 0 saturated carbocycles. The Kier molecular flexibility index (Phi) is 2.07. The van der Waals surface area contributed by atoms with Crippen molar-refractivity contribution in [2.75, 3.05) is 6.61 Å². The lowest BCUT2D eigenvalue weighted by Gasteiger charge is -2.04. The Hall–Kier alpha value is -0.540. The fraction of sp³-hybridized carbons (Fsp3) is 0.333. The minimum Gasteiger partial charge on any atom is -0.492 e. The number of fused-ring (bicyclic) bond motifs is 1. The summed E-state index contributed by atoms with van der Waals surface area (Å²) in [6.07, 6.45) is 1.00. The normalized spacial score (nSPS) is 14.2. The molecule has 1 aliphatic rings. The van der Waals surface area contributed by atoms with Crippen LogP contribution in [0.1, 0.15) is 11.1 Å². The summed E-state index contributed by atoms with van der Waals surface area (Å²) >= 11 is 3.46. The number of benzene rings is 1. The first-order valence-corrected chi connectivity index (χ1v) is 4.74. The van der Waals surface area contributed by atoms with Crippen molar-refractivity contribution < 1.29 is 4.74 Å². The highest BCUT2D eigenvalue weighted by atomic mass is 79.9. The van der Waals surface area contributed by atoms with E-state index in [1.807, 2.05) is 6.07 Å². The molecule has 2 N–H and O–H groups in total. The van der Waals surface area contributed by atoms with Crippen molar-refractivity contribution in [3.8, 4) is 5.75 Å². The third-order valence-corrected chi connectivity index (χ3v) is 2.62. The minimum absolute atomic E-state index is 0.589. The van der Waals surface area contributed by atoms with Gasteiger partial charge < -0.3 is 10.5 Å². The highest BCUT2D eigenvalue weighted by molar-refractivity contribution is 9.10. The van der Waals surface area contributed by atoms with Crippen LogP contribution in [0.15, 0.2) is 16.6 Å². The molecule has 1 aliphatic heterocycles. The number of ether oxygens (including phenoxy) is 1. The highest BCUT2D eigenvalue weighted by Gasteiger charge is 2.15. The molecule has 0 unspecified atom stereocenters. The Morgan fingerprint density at radius 3 is 3.08 bits per heavy atom. The maximum absolute atomic E-state index is 5.55. The smallest absolute Gasteiger partial charge is 0.136 e. The van der Waals surface area contributed by atoms with Gasteiger partial charge in [-0.15, -0.1) is 0 Å². The van der Waals surface area contributed by atoms with Crippen LogP contribution >= 0.6 is 15.9 Å². The van der Waals surface area contributed by atoms with E-state index in [1.165, 1.54) is 5.56 Å². The summed E-state index contributed by atoms with van der Waals surface area (Å²) < 4.78 is 6.47. The maximum Gasteiger partial charge on any atom is 0.136 e. The van der Waals surface area contributed by atoms with Crippen LogP contribution in [0.4, 0.5) is 0 Å². The van der Waals surface area contributed by atoms with Gasteiger partial charge in [0.05, 0.1) is 11.1 Å². The minimum atomic E-state index is 0.589. The third-order valence-electron chi connectivity index (χ3n) is 2.03. The molecule has 1 aromatic rings. The monoisotopic (exact) mass is 227 g/mol. The van der Waals surface area contributed by atoms with E-state index in [2.05, 4.69) is 22.0 Å². The fourth-order valence-electron chi connectivity index (χ4n) is 1.44. The number of rotatable bonds is 1. The van der Waals surface area contributed by atoms with Crippen molar-refractivity contribution in [2.45, 2.75) is 13.0 Å². The molecule has 64 valence electrons. The Bertz CT molecular complexity index is 312. The second-order valence-corrected chi connectivity index (χ2v) is 3.72. The molecule has 0 bridgehead atoms. The van der Waals surface area contributed by atoms with E-state index in [0.29, 0.717) is 6.54 Å². The summed E-state index contributed by atoms with van der Waals surface area (Å²) in [7, 11) is 0. The van der Waals surface area contributed by atoms with Crippen LogP contribution in [0.5, 0.6) is 5.75 Å². The second kappa shape index (κ2) is 3.07. The van der Waals surface area contributed by atoms with Gasteiger partial charge in [0.15, 0.2) is 0 Å². The van der Waals surface area contributed by atoms with Crippen molar-refractivity contribution in [1.82, 2.24) is 0 Å². The van der Waals surface area contributed by atoms with Gasteiger partial charge in [-0.25, -0.2) is 0 Å². The highest BCUT2D eigenvalue weighted by Crippen LogP contribution is 2.34. The topological polar surface area (TPSA) is 35.2 Å². The predicted molar refractivity (Wildman–Crippen MR) is 51.2 cm³/mol. The molecular weight excluding hydrogens is 218 g/mol. The van der Waals surface area contributed by atoms with E-state index in [1.54, 1.807) is 0 Å². The first kappa shape index (κ1) is 8.08. The summed E-state index contributed by atoms with van der Waals surface area (Å²) in [5.74, 6) is 0.993. The number of hydrogen-bond acceptors (Lipinski definition) is 2. The van der Waals surface area contributed by atoms with Crippen molar-refractivity contribution in [1.29, 1.82) is 0 Å². The molecule has 1 heterocycles.